The van der Waals surface area contributed by atoms with Crippen LogP contribution in [0.2, 0.25) is 0 Å². The number of nitrogens with zero attached hydrogens (tertiary/aromatic N) is 2. The third kappa shape index (κ3) is 2.09. The van der Waals surface area contributed by atoms with Crippen LogP contribution in [0.15, 0.2) is 6.20 Å². The molecule has 0 spiro atoms. The van der Waals surface area contributed by atoms with Gasteiger partial charge < -0.3 is 11.1 Å². The maximum Gasteiger partial charge on any atom is 0.254 e. The number of carbonyl (C=O) groups is 1. The molecule has 5 heteroatoms. The second-order valence-electron chi connectivity index (χ2n) is 4.61. The smallest absolute Gasteiger partial charge is 0.254 e. The lowest BCUT2D eigenvalue weighted by molar-refractivity contribution is 0.0941. The zero-order valence-electron chi connectivity index (χ0n) is 9.73. The van der Waals surface area contributed by atoms with E-state index in [4.69, 9.17) is 5.73 Å². The molecular weight excluding hydrogens is 204 g/mol. The van der Waals surface area contributed by atoms with Crippen molar-refractivity contribution in [1.82, 2.24) is 15.1 Å². The van der Waals surface area contributed by atoms with Crippen LogP contribution < -0.4 is 11.1 Å². The Hall–Kier alpha value is -1.36. The summed E-state index contributed by atoms with van der Waals surface area (Å²) < 4.78 is 1.89. The molecule has 1 amide bonds. The fourth-order valence-electron chi connectivity index (χ4n) is 1.99. The van der Waals surface area contributed by atoms with Crippen LogP contribution in [0, 0.1) is 0 Å². The minimum atomic E-state index is -0.0506. The van der Waals surface area contributed by atoms with E-state index < -0.39 is 0 Å². The molecule has 0 saturated carbocycles. The molecule has 0 aliphatic carbocycles. The van der Waals surface area contributed by atoms with Gasteiger partial charge in [-0.3, -0.25) is 9.48 Å². The Bertz CT molecular complexity index is 397. The first-order chi connectivity index (χ1) is 7.58. The van der Waals surface area contributed by atoms with E-state index in [1.807, 2.05) is 18.5 Å². The molecule has 1 atom stereocenters. The normalized spacial score (nSPS) is 19.6. The summed E-state index contributed by atoms with van der Waals surface area (Å²) in [7, 11) is 0. The molecule has 2 rings (SSSR count). The highest BCUT2D eigenvalue weighted by Gasteiger charge is 2.23. The van der Waals surface area contributed by atoms with Gasteiger partial charge in [0.05, 0.1) is 17.5 Å². The Labute approximate surface area is 95.0 Å². The van der Waals surface area contributed by atoms with Crippen molar-refractivity contribution in [3.05, 3.63) is 17.5 Å². The summed E-state index contributed by atoms with van der Waals surface area (Å²) in [5, 5.41) is 7.10. The molecule has 1 aromatic rings. The van der Waals surface area contributed by atoms with Crippen molar-refractivity contribution in [2.75, 3.05) is 0 Å². The Morgan fingerprint density at radius 2 is 2.44 bits per heavy atom. The average Bonchev–Trinajstić information content (AvgIpc) is 2.59. The van der Waals surface area contributed by atoms with Gasteiger partial charge >= 0.3 is 0 Å². The summed E-state index contributed by atoms with van der Waals surface area (Å²) in [6.45, 7) is 4.70. The summed E-state index contributed by atoms with van der Waals surface area (Å²) in [5.74, 6) is -0.0506. The standard InChI is InChI=1S/C11H18N4O/c1-7(2)14-11(16)9-6-13-15-4-3-8(12)5-10(9)15/h6-8H,3-5,12H2,1-2H3,(H,14,16). The molecule has 0 radical (unpaired) electrons. The van der Waals surface area contributed by atoms with Crippen LogP contribution in [0.5, 0.6) is 0 Å². The van der Waals surface area contributed by atoms with Crippen molar-refractivity contribution >= 4 is 5.91 Å². The highest BCUT2D eigenvalue weighted by molar-refractivity contribution is 5.95. The number of hydrogen-bond acceptors (Lipinski definition) is 3. The number of aromatic nitrogens is 2. The fourth-order valence-corrected chi connectivity index (χ4v) is 1.99. The van der Waals surface area contributed by atoms with Gasteiger partial charge in [-0.1, -0.05) is 0 Å². The lowest BCUT2D eigenvalue weighted by Crippen LogP contribution is -2.34. The second-order valence-corrected chi connectivity index (χ2v) is 4.61. The van der Waals surface area contributed by atoms with Gasteiger partial charge in [0, 0.05) is 25.0 Å². The molecule has 0 bridgehead atoms. The van der Waals surface area contributed by atoms with E-state index in [0.29, 0.717) is 5.56 Å². The summed E-state index contributed by atoms with van der Waals surface area (Å²) in [6, 6.07) is 0.287. The third-order valence-electron chi connectivity index (χ3n) is 2.78. The molecule has 2 heterocycles. The summed E-state index contributed by atoms with van der Waals surface area (Å²) in [6.07, 6.45) is 3.31. The minimum Gasteiger partial charge on any atom is -0.350 e. The molecule has 0 fully saturated rings. The van der Waals surface area contributed by atoms with E-state index in [1.54, 1.807) is 6.20 Å². The molecule has 0 saturated heterocycles. The van der Waals surface area contributed by atoms with E-state index in [-0.39, 0.29) is 18.0 Å². The maximum absolute atomic E-state index is 11.9. The van der Waals surface area contributed by atoms with Crippen LogP contribution in [0.1, 0.15) is 36.3 Å². The van der Waals surface area contributed by atoms with Crippen molar-refractivity contribution in [2.45, 2.75) is 45.3 Å². The van der Waals surface area contributed by atoms with Crippen molar-refractivity contribution in [2.24, 2.45) is 5.73 Å². The van der Waals surface area contributed by atoms with Gasteiger partial charge in [-0.05, 0) is 20.3 Å². The fraction of sp³-hybridized carbons (Fsp3) is 0.636. The Morgan fingerprint density at radius 1 is 1.69 bits per heavy atom. The number of nitrogens with two attached hydrogens (primary N) is 1. The van der Waals surface area contributed by atoms with Crippen LogP contribution in [0.3, 0.4) is 0 Å². The lowest BCUT2D eigenvalue weighted by Gasteiger charge is -2.20. The Kier molecular flexibility index (Phi) is 2.96. The van der Waals surface area contributed by atoms with Gasteiger partial charge in [-0.15, -0.1) is 0 Å². The number of hydrogen-bond donors (Lipinski definition) is 2. The lowest BCUT2D eigenvalue weighted by atomic mass is 10.0. The monoisotopic (exact) mass is 222 g/mol. The van der Waals surface area contributed by atoms with Crippen molar-refractivity contribution in [3.8, 4) is 0 Å². The number of rotatable bonds is 2. The first kappa shape index (κ1) is 11.1. The van der Waals surface area contributed by atoms with E-state index >= 15 is 0 Å². The van der Waals surface area contributed by atoms with Crippen LogP contribution in [-0.2, 0) is 13.0 Å². The van der Waals surface area contributed by atoms with E-state index in [9.17, 15) is 4.79 Å². The number of nitrogens with one attached hydrogen (secondary N) is 1. The number of amides is 1. The molecule has 3 N–H and O–H groups in total. The van der Waals surface area contributed by atoms with Gasteiger partial charge in [0.2, 0.25) is 0 Å². The molecule has 1 aliphatic heterocycles. The van der Waals surface area contributed by atoms with Gasteiger partial charge in [0.1, 0.15) is 0 Å². The van der Waals surface area contributed by atoms with Crippen molar-refractivity contribution < 1.29 is 4.79 Å². The molecule has 5 nitrogen and oxygen atoms in total. The molecule has 88 valence electrons. The molecular formula is C11H18N4O. The van der Waals surface area contributed by atoms with Crippen LogP contribution >= 0.6 is 0 Å². The molecule has 0 aromatic carbocycles. The Balaban J connectivity index is 2.22. The number of fused-ring (bicyclic) bond motifs is 1. The summed E-state index contributed by atoms with van der Waals surface area (Å²) >= 11 is 0. The van der Waals surface area contributed by atoms with Gasteiger partial charge in [0.25, 0.3) is 5.91 Å². The highest BCUT2D eigenvalue weighted by atomic mass is 16.1. The number of aryl methyl sites for hydroxylation is 1. The first-order valence-corrected chi connectivity index (χ1v) is 5.69. The predicted molar refractivity (Wildman–Crippen MR) is 61.1 cm³/mol. The zero-order valence-corrected chi connectivity index (χ0v) is 9.73. The van der Waals surface area contributed by atoms with Crippen LogP contribution in [-0.4, -0.2) is 27.8 Å². The van der Waals surface area contributed by atoms with Crippen LogP contribution in [0.4, 0.5) is 0 Å². The van der Waals surface area contributed by atoms with Crippen LogP contribution in [0.25, 0.3) is 0 Å². The molecule has 1 aromatic heterocycles. The Morgan fingerprint density at radius 3 is 3.12 bits per heavy atom. The first-order valence-electron chi connectivity index (χ1n) is 5.69. The highest BCUT2D eigenvalue weighted by Crippen LogP contribution is 2.17. The topological polar surface area (TPSA) is 72.9 Å². The second kappa shape index (κ2) is 4.25. The van der Waals surface area contributed by atoms with Gasteiger partial charge in [-0.25, -0.2) is 0 Å². The van der Waals surface area contributed by atoms with E-state index in [1.165, 1.54) is 0 Å². The molecule has 1 aliphatic rings. The largest absolute Gasteiger partial charge is 0.350 e. The third-order valence-corrected chi connectivity index (χ3v) is 2.78. The average molecular weight is 222 g/mol. The molecule has 1 unspecified atom stereocenters. The van der Waals surface area contributed by atoms with Crippen molar-refractivity contribution in [3.63, 3.8) is 0 Å². The van der Waals surface area contributed by atoms with Crippen molar-refractivity contribution in [1.29, 1.82) is 0 Å². The van der Waals surface area contributed by atoms with Gasteiger partial charge in [0.15, 0.2) is 0 Å². The molecule has 16 heavy (non-hydrogen) atoms. The van der Waals surface area contributed by atoms with E-state index in [2.05, 4.69) is 10.4 Å². The zero-order chi connectivity index (χ0) is 11.7. The van der Waals surface area contributed by atoms with E-state index in [0.717, 1.165) is 25.1 Å². The summed E-state index contributed by atoms with van der Waals surface area (Å²) in [4.78, 5) is 11.9. The minimum absolute atomic E-state index is 0.0506. The number of carbonyl (C=O) groups excluding carboxylic acids is 1. The van der Waals surface area contributed by atoms with Gasteiger partial charge in [-0.2, -0.15) is 5.10 Å². The maximum atomic E-state index is 11.9. The SMILES string of the molecule is CC(C)NC(=O)c1cnn2c1CC(N)CC2. The summed E-state index contributed by atoms with van der Waals surface area (Å²) in [5.41, 5.74) is 7.55. The quantitative estimate of drug-likeness (QED) is 0.755. The predicted octanol–water partition coefficient (Wildman–Crippen LogP) is 0.295.